The highest BCUT2D eigenvalue weighted by Gasteiger charge is 2.42. The standard InChI is InChI=1S/C14H16ClF3N2O3/c1-7(14(16,17)18)12(19)13(23)20-10-6-8(2-4-9(10)15)3-5-11(21)22/h2,4,6-7,12H,3,5,19H2,1H3,(H,20,23)(H,21,22). The summed E-state index contributed by atoms with van der Waals surface area (Å²) in [5, 5.41) is 11.0. The maximum absolute atomic E-state index is 12.6. The third kappa shape index (κ3) is 5.72. The zero-order valence-corrected chi connectivity index (χ0v) is 12.9. The first-order valence-corrected chi connectivity index (χ1v) is 7.03. The van der Waals surface area contributed by atoms with Crippen molar-refractivity contribution in [2.45, 2.75) is 32.0 Å². The van der Waals surface area contributed by atoms with Gasteiger partial charge < -0.3 is 16.2 Å². The second kappa shape index (κ2) is 7.65. The lowest BCUT2D eigenvalue weighted by atomic mass is 10.0. The number of aryl methyl sites for hydroxylation is 1. The SMILES string of the molecule is CC(C(N)C(=O)Nc1cc(CCC(=O)O)ccc1Cl)C(F)(F)F. The molecule has 1 aromatic carbocycles. The predicted octanol–water partition coefficient (Wildman–Crippen LogP) is 2.82. The predicted molar refractivity (Wildman–Crippen MR) is 79.2 cm³/mol. The first kappa shape index (κ1) is 19.2. The van der Waals surface area contributed by atoms with Crippen molar-refractivity contribution in [3.05, 3.63) is 28.8 Å². The van der Waals surface area contributed by atoms with Crippen molar-refractivity contribution >= 4 is 29.2 Å². The number of alkyl halides is 3. The molecule has 1 amide bonds. The van der Waals surface area contributed by atoms with E-state index in [9.17, 15) is 22.8 Å². The molecule has 0 fully saturated rings. The van der Waals surface area contributed by atoms with Crippen molar-refractivity contribution in [3.8, 4) is 0 Å². The Morgan fingerprint density at radius 2 is 2.00 bits per heavy atom. The number of halogens is 4. The first-order valence-electron chi connectivity index (χ1n) is 6.65. The zero-order valence-electron chi connectivity index (χ0n) is 12.2. The fourth-order valence-electron chi connectivity index (χ4n) is 1.72. The Kier molecular flexibility index (Phi) is 6.40. The average molecular weight is 353 g/mol. The molecule has 2 unspecified atom stereocenters. The molecule has 0 bridgehead atoms. The summed E-state index contributed by atoms with van der Waals surface area (Å²) in [4.78, 5) is 22.4. The highest BCUT2D eigenvalue weighted by atomic mass is 35.5. The van der Waals surface area contributed by atoms with Gasteiger partial charge in [-0.05, 0) is 24.1 Å². The second-order valence-electron chi connectivity index (χ2n) is 5.05. The summed E-state index contributed by atoms with van der Waals surface area (Å²) in [6, 6.07) is 2.62. The maximum Gasteiger partial charge on any atom is 0.393 e. The number of carboxylic acid groups (broad SMARTS) is 1. The van der Waals surface area contributed by atoms with Crippen LogP contribution in [0.25, 0.3) is 0 Å². The molecule has 23 heavy (non-hydrogen) atoms. The number of rotatable bonds is 6. The van der Waals surface area contributed by atoms with Crippen LogP contribution in [0.1, 0.15) is 18.9 Å². The molecule has 0 heterocycles. The minimum absolute atomic E-state index is 0.0874. The number of anilines is 1. The van der Waals surface area contributed by atoms with E-state index < -0.39 is 30.0 Å². The average Bonchev–Trinajstić information content (AvgIpc) is 2.45. The molecule has 4 N–H and O–H groups in total. The summed E-state index contributed by atoms with van der Waals surface area (Å²) < 4.78 is 37.7. The van der Waals surface area contributed by atoms with Gasteiger partial charge in [-0.25, -0.2) is 0 Å². The van der Waals surface area contributed by atoms with Crippen LogP contribution in [0.3, 0.4) is 0 Å². The summed E-state index contributed by atoms with van der Waals surface area (Å²) in [5.41, 5.74) is 5.99. The number of aliphatic carboxylic acids is 1. The number of amides is 1. The van der Waals surface area contributed by atoms with Gasteiger partial charge in [0.05, 0.1) is 22.7 Å². The summed E-state index contributed by atoms with van der Waals surface area (Å²) in [7, 11) is 0. The van der Waals surface area contributed by atoms with Crippen LogP contribution in [0.4, 0.5) is 18.9 Å². The molecule has 0 aliphatic heterocycles. The van der Waals surface area contributed by atoms with Crippen LogP contribution >= 0.6 is 11.6 Å². The van der Waals surface area contributed by atoms with Crippen LogP contribution in [0.5, 0.6) is 0 Å². The van der Waals surface area contributed by atoms with Gasteiger partial charge in [0.2, 0.25) is 5.91 Å². The number of carbonyl (C=O) groups is 2. The number of carboxylic acids is 1. The molecule has 128 valence electrons. The van der Waals surface area contributed by atoms with Crippen LogP contribution in [-0.2, 0) is 16.0 Å². The molecule has 1 rings (SSSR count). The van der Waals surface area contributed by atoms with Gasteiger partial charge in [-0.3, -0.25) is 9.59 Å². The molecular weight excluding hydrogens is 337 g/mol. The Morgan fingerprint density at radius 3 is 2.52 bits per heavy atom. The minimum Gasteiger partial charge on any atom is -0.481 e. The highest BCUT2D eigenvalue weighted by Crippen LogP contribution is 2.29. The third-order valence-corrected chi connectivity index (χ3v) is 3.60. The highest BCUT2D eigenvalue weighted by molar-refractivity contribution is 6.33. The zero-order chi connectivity index (χ0) is 17.8. The van der Waals surface area contributed by atoms with Gasteiger partial charge >= 0.3 is 12.1 Å². The second-order valence-corrected chi connectivity index (χ2v) is 5.46. The molecular formula is C14H16ClF3N2O3. The van der Waals surface area contributed by atoms with Crippen molar-refractivity contribution in [2.75, 3.05) is 5.32 Å². The fourth-order valence-corrected chi connectivity index (χ4v) is 1.89. The van der Waals surface area contributed by atoms with E-state index in [1.807, 2.05) is 0 Å². The molecule has 5 nitrogen and oxygen atoms in total. The maximum atomic E-state index is 12.6. The van der Waals surface area contributed by atoms with E-state index in [4.69, 9.17) is 22.4 Å². The summed E-state index contributed by atoms with van der Waals surface area (Å²) in [5.74, 6) is -4.03. The lowest BCUT2D eigenvalue weighted by Crippen LogP contribution is -2.46. The van der Waals surface area contributed by atoms with Crippen LogP contribution in [-0.4, -0.2) is 29.2 Å². The lowest BCUT2D eigenvalue weighted by molar-refractivity contribution is -0.176. The third-order valence-electron chi connectivity index (χ3n) is 3.27. The van der Waals surface area contributed by atoms with Gasteiger partial charge in [-0.1, -0.05) is 24.6 Å². The van der Waals surface area contributed by atoms with Crippen molar-refractivity contribution in [3.63, 3.8) is 0 Å². The van der Waals surface area contributed by atoms with E-state index in [1.165, 1.54) is 12.1 Å². The Balaban J connectivity index is 2.85. The summed E-state index contributed by atoms with van der Waals surface area (Å²) in [6.45, 7) is 0.815. The largest absolute Gasteiger partial charge is 0.481 e. The van der Waals surface area contributed by atoms with Crippen molar-refractivity contribution < 1.29 is 27.9 Å². The van der Waals surface area contributed by atoms with E-state index in [0.717, 1.165) is 6.92 Å². The summed E-state index contributed by atoms with van der Waals surface area (Å²) >= 11 is 5.88. The topological polar surface area (TPSA) is 92.4 Å². The molecule has 0 aliphatic rings. The number of hydrogen-bond donors (Lipinski definition) is 3. The van der Waals surface area contributed by atoms with E-state index >= 15 is 0 Å². The van der Waals surface area contributed by atoms with Gasteiger partial charge in [-0.15, -0.1) is 0 Å². The monoisotopic (exact) mass is 352 g/mol. The molecule has 0 aliphatic carbocycles. The molecule has 0 aromatic heterocycles. The van der Waals surface area contributed by atoms with Crippen molar-refractivity contribution in [2.24, 2.45) is 11.7 Å². The number of nitrogens with one attached hydrogen (secondary N) is 1. The number of nitrogens with two attached hydrogens (primary N) is 1. The first-order chi connectivity index (χ1) is 10.5. The number of carbonyl (C=O) groups excluding carboxylic acids is 1. The van der Waals surface area contributed by atoms with Gasteiger partial charge in [0.15, 0.2) is 0 Å². The summed E-state index contributed by atoms with van der Waals surface area (Å²) in [6.07, 6.45) is -4.52. The quantitative estimate of drug-likeness (QED) is 0.734. The van der Waals surface area contributed by atoms with E-state index in [1.54, 1.807) is 6.07 Å². The molecule has 9 heteroatoms. The minimum atomic E-state index is -4.59. The smallest absolute Gasteiger partial charge is 0.393 e. The van der Waals surface area contributed by atoms with E-state index in [0.29, 0.717) is 5.56 Å². The normalized spacial score (nSPS) is 14.2. The Morgan fingerprint density at radius 1 is 1.39 bits per heavy atom. The van der Waals surface area contributed by atoms with Gasteiger partial charge in [0.1, 0.15) is 0 Å². The number of hydrogen-bond acceptors (Lipinski definition) is 3. The molecule has 1 aromatic rings. The van der Waals surface area contributed by atoms with Crippen LogP contribution in [0.15, 0.2) is 18.2 Å². The van der Waals surface area contributed by atoms with Crippen LogP contribution in [0.2, 0.25) is 5.02 Å². The van der Waals surface area contributed by atoms with Crippen LogP contribution < -0.4 is 11.1 Å². The molecule has 2 atom stereocenters. The Labute approximate surface area is 135 Å². The molecule has 0 spiro atoms. The Bertz CT molecular complexity index is 593. The van der Waals surface area contributed by atoms with E-state index in [2.05, 4.69) is 5.32 Å². The van der Waals surface area contributed by atoms with Crippen LogP contribution in [0, 0.1) is 5.92 Å². The molecule has 0 saturated heterocycles. The molecule has 0 radical (unpaired) electrons. The van der Waals surface area contributed by atoms with E-state index in [-0.39, 0.29) is 23.6 Å². The van der Waals surface area contributed by atoms with Gasteiger partial charge in [0, 0.05) is 6.42 Å². The van der Waals surface area contributed by atoms with Gasteiger partial charge in [0.25, 0.3) is 0 Å². The van der Waals surface area contributed by atoms with Crippen molar-refractivity contribution in [1.29, 1.82) is 0 Å². The fraction of sp³-hybridized carbons (Fsp3) is 0.429. The molecule has 0 saturated carbocycles. The number of benzene rings is 1. The van der Waals surface area contributed by atoms with Crippen molar-refractivity contribution in [1.82, 2.24) is 0 Å². The van der Waals surface area contributed by atoms with Gasteiger partial charge in [-0.2, -0.15) is 13.2 Å². The lowest BCUT2D eigenvalue weighted by Gasteiger charge is -2.22. The Hall–Kier alpha value is -1.80.